The maximum absolute atomic E-state index is 5.68. The fraction of sp³-hybridized carbons (Fsp3) is 0.458. The van der Waals surface area contributed by atoms with Gasteiger partial charge in [-0.2, -0.15) is 5.10 Å². The molecule has 2 aromatic heterocycles. The molecule has 1 aliphatic heterocycles. The fourth-order valence-electron chi connectivity index (χ4n) is 4.71. The van der Waals surface area contributed by atoms with Crippen LogP contribution in [0, 0.1) is 0 Å². The van der Waals surface area contributed by atoms with Crippen molar-refractivity contribution in [1.29, 1.82) is 0 Å². The molecule has 0 amide bonds. The van der Waals surface area contributed by atoms with Crippen molar-refractivity contribution in [3.8, 4) is 23.0 Å². The van der Waals surface area contributed by atoms with Crippen molar-refractivity contribution in [2.75, 3.05) is 33.2 Å². The average molecular weight is 419 g/mol. The molecule has 162 valence electrons. The molecule has 0 bridgehead atoms. The summed E-state index contributed by atoms with van der Waals surface area (Å²) in [5, 5.41) is 4.90. The van der Waals surface area contributed by atoms with Crippen LogP contribution in [0.15, 0.2) is 55.0 Å². The number of nitrogens with zero attached hydrogens (tertiary/aromatic N) is 6. The molecule has 1 aliphatic carbocycles. The maximum Gasteiger partial charge on any atom is 0.321 e. The molecule has 2 fully saturated rings. The number of ether oxygens (including phenoxy) is 1. The first-order valence-corrected chi connectivity index (χ1v) is 11.3. The van der Waals surface area contributed by atoms with E-state index < -0.39 is 0 Å². The van der Waals surface area contributed by atoms with Crippen LogP contribution in [0.5, 0.6) is 11.8 Å². The van der Waals surface area contributed by atoms with Crippen molar-refractivity contribution in [3.63, 3.8) is 0 Å². The number of likely N-dealkylation sites (N-methyl/N-ethyl adjacent to an activating group) is 1. The van der Waals surface area contributed by atoms with Crippen LogP contribution < -0.4 is 4.74 Å². The van der Waals surface area contributed by atoms with E-state index in [-0.39, 0.29) is 0 Å². The highest BCUT2D eigenvalue weighted by Crippen LogP contribution is 2.32. The smallest absolute Gasteiger partial charge is 0.321 e. The molecule has 0 spiro atoms. The van der Waals surface area contributed by atoms with Gasteiger partial charge in [0.1, 0.15) is 5.75 Å². The SMILES string of the molecule is CN1CCN(C2CCC(n3ccc(-c4ccc(Oc5ncccn5)cc4)n3)CC2)CC1. The zero-order valence-electron chi connectivity index (χ0n) is 18.1. The van der Waals surface area contributed by atoms with E-state index in [1.54, 1.807) is 18.5 Å². The summed E-state index contributed by atoms with van der Waals surface area (Å²) in [5.41, 5.74) is 2.09. The van der Waals surface area contributed by atoms with Crippen molar-refractivity contribution < 1.29 is 4.74 Å². The summed E-state index contributed by atoms with van der Waals surface area (Å²) in [6.45, 7) is 4.83. The lowest BCUT2D eigenvalue weighted by Gasteiger charge is -2.41. The summed E-state index contributed by atoms with van der Waals surface area (Å²) in [7, 11) is 2.22. The minimum Gasteiger partial charge on any atom is -0.424 e. The number of aromatic nitrogens is 4. The third-order valence-electron chi connectivity index (χ3n) is 6.60. The molecule has 1 saturated carbocycles. The van der Waals surface area contributed by atoms with Gasteiger partial charge in [-0.25, -0.2) is 9.97 Å². The predicted molar refractivity (Wildman–Crippen MR) is 120 cm³/mol. The third kappa shape index (κ3) is 4.78. The first-order chi connectivity index (χ1) is 15.2. The van der Waals surface area contributed by atoms with Crippen LogP contribution >= 0.6 is 0 Å². The molecule has 31 heavy (non-hydrogen) atoms. The Morgan fingerprint density at radius 2 is 1.52 bits per heavy atom. The van der Waals surface area contributed by atoms with Gasteiger partial charge in [0.25, 0.3) is 0 Å². The Balaban J connectivity index is 1.18. The third-order valence-corrected chi connectivity index (χ3v) is 6.60. The van der Waals surface area contributed by atoms with Crippen LogP contribution in [0.25, 0.3) is 11.3 Å². The molecular weight excluding hydrogens is 388 g/mol. The Hall–Kier alpha value is -2.77. The second-order valence-corrected chi connectivity index (χ2v) is 8.64. The van der Waals surface area contributed by atoms with Crippen molar-refractivity contribution in [2.24, 2.45) is 0 Å². The molecule has 0 N–H and O–H groups in total. The molecule has 7 heteroatoms. The van der Waals surface area contributed by atoms with Gasteiger partial charge in [-0.15, -0.1) is 0 Å². The summed E-state index contributed by atoms with van der Waals surface area (Å²) in [4.78, 5) is 13.3. The van der Waals surface area contributed by atoms with Crippen molar-refractivity contribution in [1.82, 2.24) is 29.5 Å². The van der Waals surface area contributed by atoms with Crippen LogP contribution in [0.3, 0.4) is 0 Å². The summed E-state index contributed by atoms with van der Waals surface area (Å²) < 4.78 is 7.86. The van der Waals surface area contributed by atoms with Gasteiger partial charge in [0.05, 0.1) is 11.7 Å². The molecule has 3 aromatic rings. The molecule has 3 heterocycles. The first-order valence-electron chi connectivity index (χ1n) is 11.3. The van der Waals surface area contributed by atoms with Gasteiger partial charge >= 0.3 is 6.01 Å². The van der Waals surface area contributed by atoms with Crippen LogP contribution in [0.4, 0.5) is 0 Å². The Labute approximate surface area is 183 Å². The van der Waals surface area contributed by atoms with Gasteiger partial charge in [0.15, 0.2) is 0 Å². The predicted octanol–water partition coefficient (Wildman–Crippen LogP) is 3.86. The minimum absolute atomic E-state index is 0.353. The van der Waals surface area contributed by atoms with E-state index in [0.717, 1.165) is 23.0 Å². The van der Waals surface area contributed by atoms with E-state index in [1.807, 2.05) is 24.3 Å². The number of rotatable bonds is 5. The van der Waals surface area contributed by atoms with Crippen molar-refractivity contribution in [3.05, 3.63) is 55.0 Å². The molecule has 1 saturated heterocycles. The largest absolute Gasteiger partial charge is 0.424 e. The van der Waals surface area contributed by atoms with E-state index in [9.17, 15) is 0 Å². The average Bonchev–Trinajstić information content (AvgIpc) is 3.31. The lowest BCUT2D eigenvalue weighted by molar-refractivity contribution is 0.0811. The first kappa shape index (κ1) is 20.2. The molecule has 0 radical (unpaired) electrons. The normalized spacial score (nSPS) is 23.0. The molecule has 2 aliphatic rings. The van der Waals surface area contributed by atoms with Crippen LogP contribution in [-0.2, 0) is 0 Å². The molecule has 5 rings (SSSR count). The Bertz CT molecular complexity index is 957. The second-order valence-electron chi connectivity index (χ2n) is 8.64. The minimum atomic E-state index is 0.353. The maximum atomic E-state index is 5.68. The highest BCUT2D eigenvalue weighted by atomic mass is 16.5. The lowest BCUT2D eigenvalue weighted by Crippen LogP contribution is -2.49. The van der Waals surface area contributed by atoms with E-state index >= 15 is 0 Å². The standard InChI is InChI=1S/C24H30N6O/c1-28-15-17-29(18-16-28)20-5-7-21(8-6-20)30-14-11-23(27-30)19-3-9-22(10-4-19)31-24-25-12-2-13-26-24/h2-4,9-14,20-21H,5-8,15-18H2,1H3. The topological polar surface area (TPSA) is 59.3 Å². The van der Waals surface area contributed by atoms with Gasteiger partial charge in [0, 0.05) is 56.4 Å². The lowest BCUT2D eigenvalue weighted by atomic mass is 9.90. The molecular formula is C24H30N6O. The monoisotopic (exact) mass is 418 g/mol. The Morgan fingerprint density at radius 1 is 0.839 bits per heavy atom. The van der Waals surface area contributed by atoms with Gasteiger partial charge in [-0.3, -0.25) is 9.58 Å². The molecule has 1 aromatic carbocycles. The van der Waals surface area contributed by atoms with Gasteiger partial charge in [0.2, 0.25) is 0 Å². The molecule has 7 nitrogen and oxygen atoms in total. The summed E-state index contributed by atoms with van der Waals surface area (Å²) >= 11 is 0. The van der Waals surface area contributed by atoms with E-state index in [2.05, 4.69) is 43.8 Å². The van der Waals surface area contributed by atoms with E-state index in [4.69, 9.17) is 9.84 Å². The zero-order chi connectivity index (χ0) is 21.0. The van der Waals surface area contributed by atoms with Crippen LogP contribution in [0.2, 0.25) is 0 Å². The van der Waals surface area contributed by atoms with Gasteiger partial charge in [-0.05, 0) is 69.1 Å². The summed E-state index contributed by atoms with van der Waals surface area (Å²) in [6, 6.07) is 13.4. The van der Waals surface area contributed by atoms with E-state index in [1.165, 1.54) is 51.9 Å². The van der Waals surface area contributed by atoms with Crippen LogP contribution in [0.1, 0.15) is 31.7 Å². The number of piperazine rings is 1. The van der Waals surface area contributed by atoms with E-state index in [0.29, 0.717) is 12.1 Å². The number of hydrogen-bond acceptors (Lipinski definition) is 6. The molecule has 0 atom stereocenters. The van der Waals surface area contributed by atoms with Crippen molar-refractivity contribution in [2.45, 2.75) is 37.8 Å². The zero-order valence-corrected chi connectivity index (χ0v) is 18.1. The van der Waals surface area contributed by atoms with Gasteiger partial charge < -0.3 is 9.64 Å². The number of hydrogen-bond donors (Lipinski definition) is 0. The highest BCUT2D eigenvalue weighted by molar-refractivity contribution is 5.59. The van der Waals surface area contributed by atoms with Crippen molar-refractivity contribution >= 4 is 0 Å². The quantitative estimate of drug-likeness (QED) is 0.627. The fourth-order valence-corrected chi connectivity index (χ4v) is 4.71. The second kappa shape index (κ2) is 9.16. The Kier molecular flexibility index (Phi) is 5.95. The summed E-state index contributed by atoms with van der Waals surface area (Å²) in [5.74, 6) is 0.719. The number of benzene rings is 1. The Morgan fingerprint density at radius 3 is 2.23 bits per heavy atom. The summed E-state index contributed by atoms with van der Waals surface area (Å²) in [6.07, 6.45) is 10.4. The van der Waals surface area contributed by atoms with Gasteiger partial charge in [-0.1, -0.05) is 0 Å². The van der Waals surface area contributed by atoms with Crippen LogP contribution in [-0.4, -0.2) is 68.8 Å². The highest BCUT2D eigenvalue weighted by Gasteiger charge is 2.28. The molecule has 0 unspecified atom stereocenters.